The summed E-state index contributed by atoms with van der Waals surface area (Å²) in [5.41, 5.74) is -0.380. The minimum Gasteiger partial charge on any atom is -0.458 e. The fourth-order valence-corrected chi connectivity index (χ4v) is 6.25. The third-order valence-electron chi connectivity index (χ3n) is 8.42. The summed E-state index contributed by atoms with van der Waals surface area (Å²) in [5.74, 6) is -1.81. The van der Waals surface area contributed by atoms with Crippen LogP contribution in [0.1, 0.15) is 98.2 Å². The standard InChI is InChI=1S/C31H48N2O7S/c1-17-11-10-12-22-23(33(22)29(38)40-30(5,6)7)14-24(18(2)13-21-16-41-20(4)32-21)39-26(35)15-25(34)31(8,9)28(37)19(3)27(17)36/h13,16-17,19,22-25,27,34,36H,10-12,14-15H2,1-9H3/b18-13+/t17-,19+,22+,23-,24?,25-,27-,33?/m0/s1. The number of rotatable bonds is 2. The van der Waals surface area contributed by atoms with Gasteiger partial charge < -0.3 is 19.7 Å². The third-order valence-corrected chi connectivity index (χ3v) is 9.21. The molecule has 1 amide bonds. The molecule has 0 aliphatic carbocycles. The minimum absolute atomic E-state index is 0.0961. The maximum Gasteiger partial charge on any atom is 0.410 e. The number of esters is 1. The number of nitrogens with zero attached hydrogens (tertiary/aromatic N) is 2. The van der Waals surface area contributed by atoms with Crippen molar-refractivity contribution in [1.29, 1.82) is 0 Å². The van der Waals surface area contributed by atoms with Gasteiger partial charge in [-0.2, -0.15) is 0 Å². The van der Waals surface area contributed by atoms with Crippen LogP contribution in [-0.4, -0.2) is 73.9 Å². The van der Waals surface area contributed by atoms with Crippen LogP contribution in [0.25, 0.3) is 6.08 Å². The first-order valence-corrected chi connectivity index (χ1v) is 15.5. The maximum atomic E-state index is 13.4. The maximum absolute atomic E-state index is 13.4. The molecule has 9 nitrogen and oxygen atoms in total. The first kappa shape index (κ1) is 33.2. The molecule has 1 aromatic rings. The number of Topliss-reactive ketones (excluding diaryl/α,β-unsaturated/α-hetero) is 1. The summed E-state index contributed by atoms with van der Waals surface area (Å²) in [6, 6.07) is -0.292. The number of amides is 1. The van der Waals surface area contributed by atoms with Crippen molar-refractivity contribution in [3.63, 3.8) is 0 Å². The van der Waals surface area contributed by atoms with E-state index in [4.69, 9.17) is 9.47 Å². The number of carbonyl (C=O) groups excluding carboxylic acids is 3. The van der Waals surface area contributed by atoms with Gasteiger partial charge in [0, 0.05) is 17.7 Å². The van der Waals surface area contributed by atoms with Crippen LogP contribution in [0.4, 0.5) is 4.79 Å². The molecular formula is C31H48N2O7S. The Morgan fingerprint density at radius 3 is 2.44 bits per heavy atom. The van der Waals surface area contributed by atoms with E-state index in [0.717, 1.165) is 22.7 Å². The lowest BCUT2D eigenvalue weighted by atomic mass is 9.73. The number of aliphatic hydroxyl groups is 2. The van der Waals surface area contributed by atoms with Gasteiger partial charge in [-0.05, 0) is 65.0 Å². The average molecular weight is 593 g/mol. The van der Waals surface area contributed by atoms with E-state index in [0.29, 0.717) is 19.3 Å². The van der Waals surface area contributed by atoms with Crippen LogP contribution in [0, 0.1) is 24.2 Å². The molecule has 2 aliphatic rings. The number of ether oxygens (including phenoxy) is 2. The van der Waals surface area contributed by atoms with E-state index in [9.17, 15) is 24.6 Å². The lowest BCUT2D eigenvalue weighted by Crippen LogP contribution is -2.45. The quantitative estimate of drug-likeness (QED) is 0.350. The van der Waals surface area contributed by atoms with E-state index in [1.54, 1.807) is 25.7 Å². The van der Waals surface area contributed by atoms with Crippen LogP contribution >= 0.6 is 11.3 Å². The second-order valence-electron chi connectivity index (χ2n) is 13.4. The normalized spacial score (nSPS) is 32.2. The Labute approximate surface area is 248 Å². The third kappa shape index (κ3) is 8.38. The topological polar surface area (TPSA) is 126 Å². The molecule has 3 heterocycles. The number of ketones is 1. The Morgan fingerprint density at radius 1 is 1.20 bits per heavy atom. The summed E-state index contributed by atoms with van der Waals surface area (Å²) in [7, 11) is 0. The number of aryl methyl sites for hydroxylation is 1. The van der Waals surface area contributed by atoms with Crippen molar-refractivity contribution in [2.24, 2.45) is 17.3 Å². The number of hydrogen-bond donors (Lipinski definition) is 2. The van der Waals surface area contributed by atoms with Gasteiger partial charge in [0.1, 0.15) is 17.5 Å². The molecule has 1 aromatic heterocycles. The van der Waals surface area contributed by atoms with E-state index in [1.807, 2.05) is 53.0 Å². The summed E-state index contributed by atoms with van der Waals surface area (Å²) in [5, 5.41) is 24.8. The molecule has 41 heavy (non-hydrogen) atoms. The molecule has 0 bridgehead atoms. The molecule has 7 atom stereocenters. The zero-order chi connectivity index (χ0) is 30.9. The summed E-state index contributed by atoms with van der Waals surface area (Å²) >= 11 is 1.52. The van der Waals surface area contributed by atoms with Gasteiger partial charge >= 0.3 is 12.1 Å². The fraction of sp³-hybridized carbons (Fsp3) is 0.742. The average Bonchev–Trinajstić information content (AvgIpc) is 3.39. The highest BCUT2D eigenvalue weighted by molar-refractivity contribution is 7.09. The van der Waals surface area contributed by atoms with Gasteiger partial charge in [0.25, 0.3) is 0 Å². The highest BCUT2D eigenvalue weighted by atomic mass is 32.1. The lowest BCUT2D eigenvalue weighted by molar-refractivity contribution is -0.154. The summed E-state index contributed by atoms with van der Waals surface area (Å²) < 4.78 is 11.6. The predicted molar refractivity (Wildman–Crippen MR) is 158 cm³/mol. The number of cyclic esters (lactones) is 1. The van der Waals surface area contributed by atoms with Crippen molar-refractivity contribution < 1.29 is 34.1 Å². The molecule has 1 unspecified atom stereocenters. The van der Waals surface area contributed by atoms with Gasteiger partial charge in [-0.1, -0.05) is 34.1 Å². The van der Waals surface area contributed by atoms with Crippen molar-refractivity contribution in [3.05, 3.63) is 21.7 Å². The molecule has 3 rings (SSSR count). The Morgan fingerprint density at radius 2 is 1.85 bits per heavy atom. The Balaban J connectivity index is 1.94. The minimum atomic E-state index is -1.29. The molecule has 0 radical (unpaired) electrons. The smallest absolute Gasteiger partial charge is 0.410 e. The Kier molecular flexibility index (Phi) is 10.5. The molecule has 10 heteroatoms. The molecule has 0 saturated carbocycles. The lowest BCUT2D eigenvalue weighted by Gasteiger charge is -2.34. The molecule has 2 N–H and O–H groups in total. The van der Waals surface area contributed by atoms with Crippen molar-refractivity contribution >= 4 is 35.3 Å². The van der Waals surface area contributed by atoms with Crippen LogP contribution in [0.5, 0.6) is 0 Å². The van der Waals surface area contributed by atoms with Gasteiger partial charge in [0.2, 0.25) is 0 Å². The monoisotopic (exact) mass is 592 g/mol. The van der Waals surface area contributed by atoms with E-state index in [-0.39, 0.29) is 30.2 Å². The van der Waals surface area contributed by atoms with Crippen molar-refractivity contribution in [3.8, 4) is 0 Å². The predicted octanol–water partition coefficient (Wildman–Crippen LogP) is 5.31. The first-order valence-electron chi connectivity index (χ1n) is 14.6. The van der Waals surface area contributed by atoms with E-state index in [1.165, 1.54) is 11.3 Å². The molecule has 230 valence electrons. The summed E-state index contributed by atoms with van der Waals surface area (Å²) in [6.07, 6.45) is 0.730. The SMILES string of the molecule is C/C(=C\c1csc(C)n1)C1C[C@H]2[C@@H](CCC[C@H](C)[C@H](O)[C@@H](C)C(=O)C(C)(C)[C@@H](O)CC(=O)O1)N2C(=O)OC(C)(C)C. The zero-order valence-corrected chi connectivity index (χ0v) is 26.8. The van der Waals surface area contributed by atoms with Crippen LogP contribution in [-0.2, 0) is 19.1 Å². The number of hydrogen-bond acceptors (Lipinski definition) is 9. The van der Waals surface area contributed by atoms with Gasteiger partial charge in [0.05, 0.1) is 46.8 Å². The van der Waals surface area contributed by atoms with Gasteiger partial charge in [-0.3, -0.25) is 14.5 Å². The van der Waals surface area contributed by atoms with Gasteiger partial charge in [0.15, 0.2) is 0 Å². The van der Waals surface area contributed by atoms with Gasteiger partial charge in [-0.25, -0.2) is 9.78 Å². The second kappa shape index (κ2) is 12.9. The summed E-state index contributed by atoms with van der Waals surface area (Å²) in [6.45, 7) is 16.1. The van der Waals surface area contributed by atoms with Crippen molar-refractivity contribution in [1.82, 2.24) is 9.88 Å². The second-order valence-corrected chi connectivity index (χ2v) is 14.5. The number of aliphatic hydroxyl groups excluding tert-OH is 2. The highest BCUT2D eigenvalue weighted by Crippen LogP contribution is 2.40. The molecule has 2 saturated heterocycles. The molecule has 0 aromatic carbocycles. The van der Waals surface area contributed by atoms with Crippen LogP contribution in [0.15, 0.2) is 11.0 Å². The number of aromatic nitrogens is 1. The Bertz CT molecular complexity index is 1140. The van der Waals surface area contributed by atoms with Gasteiger partial charge in [-0.15, -0.1) is 11.3 Å². The van der Waals surface area contributed by atoms with E-state index >= 15 is 0 Å². The van der Waals surface area contributed by atoms with Crippen molar-refractivity contribution in [2.45, 2.75) is 130 Å². The van der Waals surface area contributed by atoms with E-state index in [2.05, 4.69) is 4.98 Å². The van der Waals surface area contributed by atoms with E-state index < -0.39 is 47.3 Å². The van der Waals surface area contributed by atoms with Crippen LogP contribution in [0.3, 0.4) is 0 Å². The number of thiazole rings is 1. The highest BCUT2D eigenvalue weighted by Gasteiger charge is 2.53. The summed E-state index contributed by atoms with van der Waals surface area (Å²) in [4.78, 5) is 45.9. The molecule has 2 aliphatic heterocycles. The molecule has 2 fully saturated rings. The Hall–Kier alpha value is -2.30. The number of carbonyl (C=O) groups is 3. The molecular weight excluding hydrogens is 544 g/mol. The first-order chi connectivity index (χ1) is 18.9. The van der Waals surface area contributed by atoms with Crippen LogP contribution < -0.4 is 0 Å². The van der Waals surface area contributed by atoms with Crippen LogP contribution in [0.2, 0.25) is 0 Å². The largest absolute Gasteiger partial charge is 0.458 e. The fourth-order valence-electron chi connectivity index (χ4n) is 5.68. The van der Waals surface area contributed by atoms with Crippen molar-refractivity contribution in [2.75, 3.05) is 0 Å². The molecule has 0 spiro atoms. The number of fused-ring (bicyclic) bond motifs is 1. The zero-order valence-electron chi connectivity index (χ0n) is 26.0.